The molecule has 0 heterocycles. The minimum Gasteiger partial charge on any atom is -0.154 e. The molecular formula is C11H45NO. The van der Waals surface area contributed by atoms with Gasteiger partial charge < -0.3 is 0 Å². The highest BCUT2D eigenvalue weighted by Gasteiger charge is 0.588. The molecule has 0 aromatic heterocycles. The van der Waals surface area contributed by atoms with Gasteiger partial charge in [0.25, 0.3) is 0 Å². The van der Waals surface area contributed by atoms with Crippen LogP contribution in [-0.2, 0) is 0 Å². The summed E-state index contributed by atoms with van der Waals surface area (Å²) in [4.78, 5) is 7.50. The Kier molecular flexibility index (Phi) is 2950000. The predicted molar refractivity (Wildman–Crippen MR) is 80.1 cm³/mol. The highest BCUT2D eigenvalue weighted by molar-refractivity contribution is 3.63. The van der Waals surface area contributed by atoms with E-state index in [9.17, 15) is 0 Å². The maximum Gasteiger partial charge on any atom is -0.0776 e. The molecule has 1 N–H and O–H groups in total. The van der Waals surface area contributed by atoms with Crippen molar-refractivity contribution >= 4 is 0 Å². The van der Waals surface area contributed by atoms with Gasteiger partial charge in [0.05, 0.1) is 0 Å². The van der Waals surface area contributed by atoms with Gasteiger partial charge in [0.2, 0.25) is 0 Å². The molecule has 0 unspecified atom stereocenters. The smallest absolute Gasteiger partial charge is 0.0776 e. The summed E-state index contributed by atoms with van der Waals surface area (Å²) in [5, 5.41) is 0. The molecule has 2 nitrogen and oxygen atoms in total. The van der Waals surface area contributed by atoms with E-state index < -0.39 is 0 Å². The Bertz CT molecular complexity index is 10.1. The average molecular weight is 207 g/mol. The molecule has 0 amide bonds. The Hall–Kier alpha value is -0.400. The maximum atomic E-state index is 7.50. The lowest BCUT2D eigenvalue weighted by atomic mass is 12.0. The number of hydrogen-bond donors (Lipinski definition) is 1. The van der Waals surface area contributed by atoms with Crippen molar-refractivity contribution < 1.29 is 0 Å². The summed E-state index contributed by atoms with van der Waals surface area (Å²) in [7, 11) is 0. The molecule has 0 aliphatic heterocycles. The molecular weight excluding hydrogens is 162 g/mol. The monoisotopic (exact) mass is 207 g/mol. The second-order valence-corrected chi connectivity index (χ2v) is 0. The summed E-state index contributed by atoms with van der Waals surface area (Å²) < 4.78 is 0. The van der Waals surface area contributed by atoms with Crippen molar-refractivity contribution in [1.29, 1.82) is 5.59 Å². The Morgan fingerprint density at radius 3 is 0.308 bits per heavy atom. The van der Waals surface area contributed by atoms with Crippen LogP contribution in [0.4, 0.5) is 0 Å². The summed E-state index contributed by atoms with van der Waals surface area (Å²) in [6, 6.07) is 0. The Morgan fingerprint density at radius 2 is 0.308 bits per heavy atom. The predicted octanol–water partition coefficient (Wildman–Crippen LogP) is 7.33. The van der Waals surface area contributed by atoms with Crippen LogP contribution >= 0.6 is 0 Å². The standard InChI is InChI=1S/11CH4.HNO/c;;;;;;;;;;;1-2/h11*1H4;1H. The molecule has 0 aliphatic rings. The van der Waals surface area contributed by atoms with Crippen LogP contribution in [0.15, 0.2) is 0 Å². The molecule has 0 aromatic rings. The lowest BCUT2D eigenvalue weighted by molar-refractivity contribution is 1.49. The maximum absolute atomic E-state index is 7.50. The zero-order valence-electron chi connectivity index (χ0n) is 0.908. The molecule has 0 bridgehead atoms. The second kappa shape index (κ2) is 8150. The number of rotatable bonds is 0. The molecule has 100 valence electrons. The van der Waals surface area contributed by atoms with Crippen molar-refractivity contribution in [3.05, 3.63) is 4.91 Å². The van der Waals surface area contributed by atoms with Gasteiger partial charge in [-0.15, -0.1) is 0 Å². The first-order valence-electron chi connectivity index (χ1n) is 0.204. The van der Waals surface area contributed by atoms with Crippen molar-refractivity contribution in [1.82, 2.24) is 0 Å². The topological polar surface area (TPSA) is 40.9 Å². The molecule has 2 heteroatoms. The van der Waals surface area contributed by atoms with Gasteiger partial charge in [-0.3, -0.25) is 0 Å². The third kappa shape index (κ3) is 6680. The first-order valence-corrected chi connectivity index (χ1v) is 0.204. The first-order chi connectivity index (χ1) is 1.00. The van der Waals surface area contributed by atoms with E-state index in [2.05, 4.69) is 5.59 Å². The molecule has 13 heavy (non-hydrogen) atoms. The Balaban J connectivity index is -0.0000000000909. The van der Waals surface area contributed by atoms with Gasteiger partial charge in [0.1, 0.15) is 0 Å². The van der Waals surface area contributed by atoms with Crippen LogP contribution in [0.2, 0.25) is 0 Å². The van der Waals surface area contributed by atoms with Crippen LogP contribution in [0.1, 0.15) is 81.7 Å². The highest BCUT2D eigenvalue weighted by Crippen LogP contribution is 0.766. The second-order valence-electron chi connectivity index (χ2n) is 0. The fourth-order valence-corrected chi connectivity index (χ4v) is 0. The van der Waals surface area contributed by atoms with Gasteiger partial charge in [0, 0.05) is 0 Å². The fraction of sp³-hybridized carbons (Fsp3) is 1.00. The van der Waals surface area contributed by atoms with Crippen LogP contribution in [0.3, 0.4) is 0 Å². The molecule has 0 radical (unpaired) electrons. The third-order valence-electron chi connectivity index (χ3n) is 0. The molecule has 0 aromatic carbocycles. The van der Waals surface area contributed by atoms with Crippen LogP contribution in [0, 0.1) is 10.5 Å². The van der Waals surface area contributed by atoms with Gasteiger partial charge in [0.15, 0.2) is 0 Å². The number of hydrogen-bond acceptors (Lipinski definition) is 2. The van der Waals surface area contributed by atoms with Gasteiger partial charge in [-0.25, -0.2) is 0 Å². The molecule has 0 aliphatic carbocycles. The van der Waals surface area contributed by atoms with Gasteiger partial charge in [-0.1, -0.05) is 87.3 Å². The third-order valence-corrected chi connectivity index (χ3v) is 0. The summed E-state index contributed by atoms with van der Waals surface area (Å²) in [6.45, 7) is 0. The SMILES string of the molecule is C.C.C.C.C.C.C.C.C.C.C.N=O. The largest absolute Gasteiger partial charge is 0.154 e. The van der Waals surface area contributed by atoms with E-state index in [1.165, 1.54) is 0 Å². The molecule has 0 rings (SSSR count). The van der Waals surface area contributed by atoms with E-state index >= 15 is 0 Å². The summed E-state index contributed by atoms with van der Waals surface area (Å²) >= 11 is 0. The summed E-state index contributed by atoms with van der Waals surface area (Å²) in [5.74, 6) is 0. The normalized spacial score (nSPS) is 0.308. The Labute approximate surface area is 92.9 Å². The van der Waals surface area contributed by atoms with E-state index in [4.69, 9.17) is 4.91 Å². The van der Waals surface area contributed by atoms with Crippen molar-refractivity contribution in [3.63, 3.8) is 0 Å². The van der Waals surface area contributed by atoms with Gasteiger partial charge in [-0.2, -0.15) is 4.91 Å². The zero-order valence-corrected chi connectivity index (χ0v) is 0.908. The van der Waals surface area contributed by atoms with Crippen molar-refractivity contribution in [3.8, 4) is 0 Å². The number of nitrogens with one attached hydrogen (secondary N) is 1. The van der Waals surface area contributed by atoms with Crippen LogP contribution < -0.4 is 0 Å². The minimum atomic E-state index is 0. The van der Waals surface area contributed by atoms with Gasteiger partial charge >= 0.3 is 0 Å². The van der Waals surface area contributed by atoms with E-state index in [0.29, 0.717) is 0 Å². The van der Waals surface area contributed by atoms with Gasteiger partial charge in [-0.05, 0) is 0 Å². The first kappa shape index (κ1) is 4710. The van der Waals surface area contributed by atoms with E-state index in [1.807, 2.05) is 0 Å². The molecule has 0 spiro atoms. The van der Waals surface area contributed by atoms with Crippen LogP contribution in [0.5, 0.6) is 0 Å². The molecule has 0 atom stereocenters. The zero-order chi connectivity index (χ0) is 2.00. The van der Waals surface area contributed by atoms with E-state index in [1.54, 1.807) is 0 Å². The molecule has 0 fully saturated rings. The summed E-state index contributed by atoms with van der Waals surface area (Å²) in [6.07, 6.45) is 0. The molecule has 0 saturated carbocycles. The number of nitroso groups, excluding NO2 is 1. The fourth-order valence-electron chi connectivity index (χ4n) is 0. The summed E-state index contributed by atoms with van der Waals surface area (Å²) in [5.41, 5.74) is 4.50. The van der Waals surface area contributed by atoms with E-state index in [0.717, 1.165) is 0 Å². The van der Waals surface area contributed by atoms with Crippen molar-refractivity contribution in [2.45, 2.75) is 81.7 Å². The lowest BCUT2D eigenvalue weighted by Gasteiger charge is -0.827. The molecule has 0 saturated heterocycles. The highest BCUT2D eigenvalue weighted by atomic mass is 16.2. The minimum absolute atomic E-state index is 0. The van der Waals surface area contributed by atoms with Crippen molar-refractivity contribution in [2.24, 2.45) is 0 Å². The van der Waals surface area contributed by atoms with Crippen molar-refractivity contribution in [2.75, 3.05) is 0 Å². The Morgan fingerprint density at radius 1 is 0.308 bits per heavy atom. The van der Waals surface area contributed by atoms with E-state index in [-0.39, 0.29) is 81.7 Å². The lowest BCUT2D eigenvalue weighted by Crippen LogP contribution is -0.649. The van der Waals surface area contributed by atoms with Crippen LogP contribution in [0.25, 0.3) is 0 Å². The quantitative estimate of drug-likeness (QED) is 0.415. The average Bonchev–Trinajstić information content (AvgIpc) is 1.00. The van der Waals surface area contributed by atoms with Crippen LogP contribution in [-0.4, -0.2) is 0 Å².